The van der Waals surface area contributed by atoms with E-state index in [0.717, 1.165) is 5.56 Å². The van der Waals surface area contributed by atoms with Gasteiger partial charge in [-0.2, -0.15) is 5.10 Å². The number of aryl methyl sites for hydroxylation is 1. The third kappa shape index (κ3) is 10.5. The maximum absolute atomic E-state index is 12.8. The van der Waals surface area contributed by atoms with Gasteiger partial charge in [0.1, 0.15) is 11.8 Å². The van der Waals surface area contributed by atoms with Gasteiger partial charge in [0.25, 0.3) is 11.8 Å². The van der Waals surface area contributed by atoms with Crippen LogP contribution in [0.1, 0.15) is 45.2 Å². The van der Waals surface area contributed by atoms with Crippen molar-refractivity contribution in [2.45, 2.75) is 47.1 Å². The van der Waals surface area contributed by atoms with E-state index in [1.807, 2.05) is 45.9 Å². The van der Waals surface area contributed by atoms with Gasteiger partial charge in [0.05, 0.1) is 19.4 Å². The van der Waals surface area contributed by atoms with Gasteiger partial charge in [0, 0.05) is 0 Å². The smallest absolute Gasteiger partial charge is 0.344 e. The van der Waals surface area contributed by atoms with E-state index in [9.17, 15) is 14.4 Å². The van der Waals surface area contributed by atoms with Gasteiger partial charge < -0.3 is 24.3 Å². The van der Waals surface area contributed by atoms with Crippen LogP contribution in [0.4, 0.5) is 0 Å². The number of rotatable bonds is 15. The number of nitrogens with zero attached hydrogens (tertiary/aromatic N) is 1. The zero-order valence-corrected chi connectivity index (χ0v) is 22.6. The van der Waals surface area contributed by atoms with Crippen molar-refractivity contribution < 1.29 is 33.3 Å². The van der Waals surface area contributed by atoms with Crippen molar-refractivity contribution in [3.8, 4) is 17.2 Å². The molecule has 1 atom stereocenters. The summed E-state index contributed by atoms with van der Waals surface area (Å²) in [5.74, 6) is 0.243. The van der Waals surface area contributed by atoms with Crippen LogP contribution in [0.2, 0.25) is 0 Å². The highest BCUT2D eigenvalue weighted by Gasteiger charge is 2.22. The van der Waals surface area contributed by atoms with Crippen molar-refractivity contribution in [2.75, 3.05) is 26.4 Å². The van der Waals surface area contributed by atoms with Crippen LogP contribution in [0.25, 0.3) is 0 Å². The number of esters is 1. The molecule has 0 fully saturated rings. The van der Waals surface area contributed by atoms with Crippen molar-refractivity contribution in [2.24, 2.45) is 11.0 Å². The third-order valence-electron chi connectivity index (χ3n) is 5.12. The molecule has 0 aliphatic heterocycles. The topological polar surface area (TPSA) is 125 Å². The van der Waals surface area contributed by atoms with Crippen molar-refractivity contribution in [1.29, 1.82) is 0 Å². The molecule has 206 valence electrons. The molecule has 2 amide bonds. The molecule has 0 aliphatic rings. The summed E-state index contributed by atoms with van der Waals surface area (Å²) >= 11 is 0. The maximum atomic E-state index is 12.8. The molecule has 0 bridgehead atoms. The lowest BCUT2D eigenvalue weighted by Crippen LogP contribution is -2.47. The van der Waals surface area contributed by atoms with E-state index in [1.54, 1.807) is 31.2 Å². The average Bonchev–Trinajstić information content (AvgIpc) is 2.87. The molecule has 2 rings (SSSR count). The van der Waals surface area contributed by atoms with E-state index in [2.05, 4.69) is 15.8 Å². The molecule has 38 heavy (non-hydrogen) atoms. The number of carbonyl (C=O) groups is 3. The number of hydrogen-bond donors (Lipinski definition) is 2. The number of ether oxygens (including phenoxy) is 4. The number of hydrogen-bond acceptors (Lipinski definition) is 8. The second-order valence-corrected chi connectivity index (χ2v) is 8.77. The largest absolute Gasteiger partial charge is 0.490 e. The lowest BCUT2D eigenvalue weighted by Gasteiger charge is -2.19. The molecule has 10 heteroatoms. The summed E-state index contributed by atoms with van der Waals surface area (Å²) in [6, 6.07) is 11.6. The van der Waals surface area contributed by atoms with E-state index in [4.69, 9.17) is 18.9 Å². The Balaban J connectivity index is 1.98. The highest BCUT2D eigenvalue weighted by atomic mass is 16.6. The van der Waals surface area contributed by atoms with Crippen LogP contribution in [0.3, 0.4) is 0 Å². The molecule has 0 saturated heterocycles. The van der Waals surface area contributed by atoms with Gasteiger partial charge in [-0.1, -0.05) is 32.0 Å². The molecule has 0 aromatic heterocycles. The fourth-order valence-corrected chi connectivity index (χ4v) is 3.38. The van der Waals surface area contributed by atoms with Gasteiger partial charge in [-0.05, 0) is 68.5 Å². The number of carbonyl (C=O) groups excluding carboxylic acids is 3. The summed E-state index contributed by atoms with van der Waals surface area (Å²) in [4.78, 5) is 36.8. The summed E-state index contributed by atoms with van der Waals surface area (Å²) in [5.41, 5.74) is 4.03. The second kappa shape index (κ2) is 15.9. The van der Waals surface area contributed by atoms with E-state index in [-0.39, 0.29) is 25.7 Å². The number of benzene rings is 2. The molecule has 0 spiro atoms. The molecule has 10 nitrogen and oxygen atoms in total. The molecule has 0 unspecified atom stereocenters. The second-order valence-electron chi connectivity index (χ2n) is 8.77. The van der Waals surface area contributed by atoms with Crippen molar-refractivity contribution in [1.82, 2.24) is 10.7 Å². The monoisotopic (exact) mass is 527 g/mol. The van der Waals surface area contributed by atoms with Gasteiger partial charge in [0.15, 0.2) is 24.7 Å². The lowest BCUT2D eigenvalue weighted by atomic mass is 10.0. The molecule has 2 aromatic rings. The first kappa shape index (κ1) is 30.1. The first-order chi connectivity index (χ1) is 18.2. The predicted octanol–water partition coefficient (Wildman–Crippen LogP) is 3.40. The van der Waals surface area contributed by atoms with E-state index in [0.29, 0.717) is 35.8 Å². The Morgan fingerprint density at radius 3 is 2.34 bits per heavy atom. The van der Waals surface area contributed by atoms with Gasteiger partial charge in [0.2, 0.25) is 0 Å². The highest BCUT2D eigenvalue weighted by Crippen LogP contribution is 2.28. The van der Waals surface area contributed by atoms with E-state index >= 15 is 0 Å². The van der Waals surface area contributed by atoms with Gasteiger partial charge in [-0.3, -0.25) is 9.59 Å². The van der Waals surface area contributed by atoms with Gasteiger partial charge in [-0.25, -0.2) is 10.2 Å². The number of para-hydroxylation sites is 1. The Labute approximate surface area is 223 Å². The molecule has 0 aliphatic carbocycles. The van der Waals surface area contributed by atoms with E-state index in [1.165, 1.54) is 6.21 Å². The Kier molecular flexibility index (Phi) is 12.6. The molecular formula is C28H37N3O7. The normalized spacial score (nSPS) is 11.6. The molecule has 0 saturated carbocycles. The summed E-state index contributed by atoms with van der Waals surface area (Å²) in [6.45, 7) is 9.56. The zero-order valence-electron chi connectivity index (χ0n) is 22.6. The summed E-state index contributed by atoms with van der Waals surface area (Å²) < 4.78 is 21.6. The molecule has 0 heterocycles. The summed E-state index contributed by atoms with van der Waals surface area (Å²) in [6.07, 6.45) is 1.88. The van der Waals surface area contributed by atoms with Crippen LogP contribution in [0, 0.1) is 12.8 Å². The number of nitrogens with one attached hydrogen (secondary N) is 2. The van der Waals surface area contributed by atoms with Crippen LogP contribution in [-0.2, 0) is 19.1 Å². The number of amides is 2. The molecule has 2 N–H and O–H groups in total. The third-order valence-corrected chi connectivity index (χ3v) is 5.12. The Bertz CT molecular complexity index is 1100. The van der Waals surface area contributed by atoms with Gasteiger partial charge >= 0.3 is 5.97 Å². The Hall–Kier alpha value is -4.08. The fourth-order valence-electron chi connectivity index (χ4n) is 3.38. The first-order valence-corrected chi connectivity index (χ1v) is 12.6. The fraction of sp³-hybridized carbons (Fsp3) is 0.429. The van der Waals surface area contributed by atoms with Crippen LogP contribution >= 0.6 is 0 Å². The van der Waals surface area contributed by atoms with Crippen LogP contribution in [-0.4, -0.2) is 56.5 Å². The van der Waals surface area contributed by atoms with Crippen molar-refractivity contribution in [3.05, 3.63) is 53.6 Å². The Morgan fingerprint density at radius 1 is 0.921 bits per heavy atom. The van der Waals surface area contributed by atoms with Crippen molar-refractivity contribution in [3.63, 3.8) is 0 Å². The molecule has 2 aromatic carbocycles. The standard InChI is InChI=1S/C28H37N3O7/c1-6-35-25-15-21(12-13-24(25)38-18-27(33)36-7-2)16-29-31-28(34)22(14-19(3)4)30-26(32)17-37-23-11-9-8-10-20(23)5/h8-13,15-16,19,22H,6-7,14,17-18H2,1-5H3,(H,30,32)(H,31,34)/b29-16-/t22-/m1/s1. The SMILES string of the molecule is CCOC(=O)COc1ccc(/C=N\NC(=O)[C@@H](CC(C)C)NC(=O)COc2ccccc2C)cc1OCC. The maximum Gasteiger partial charge on any atom is 0.344 e. The lowest BCUT2D eigenvalue weighted by molar-refractivity contribution is -0.145. The van der Waals surface area contributed by atoms with Gasteiger partial charge in [-0.15, -0.1) is 0 Å². The zero-order chi connectivity index (χ0) is 27.9. The molecular weight excluding hydrogens is 490 g/mol. The Morgan fingerprint density at radius 2 is 1.66 bits per heavy atom. The number of hydrazone groups is 1. The first-order valence-electron chi connectivity index (χ1n) is 12.6. The minimum absolute atomic E-state index is 0.156. The van der Waals surface area contributed by atoms with Crippen LogP contribution in [0.5, 0.6) is 17.2 Å². The average molecular weight is 528 g/mol. The van der Waals surface area contributed by atoms with Crippen molar-refractivity contribution >= 4 is 24.0 Å². The molecule has 0 radical (unpaired) electrons. The minimum Gasteiger partial charge on any atom is -0.490 e. The van der Waals surface area contributed by atoms with E-state index < -0.39 is 23.8 Å². The van der Waals surface area contributed by atoms with Crippen LogP contribution < -0.4 is 25.0 Å². The highest BCUT2D eigenvalue weighted by molar-refractivity contribution is 5.89. The summed E-state index contributed by atoms with van der Waals surface area (Å²) in [7, 11) is 0. The summed E-state index contributed by atoms with van der Waals surface area (Å²) in [5, 5.41) is 6.76. The van der Waals surface area contributed by atoms with Crippen LogP contribution in [0.15, 0.2) is 47.6 Å². The quantitative estimate of drug-likeness (QED) is 0.207. The minimum atomic E-state index is -0.780. The predicted molar refractivity (Wildman–Crippen MR) is 144 cm³/mol.